The molecule has 2 aliphatic heterocycles. The number of rotatable bonds is 2. The maximum absolute atomic E-state index is 12.7. The van der Waals surface area contributed by atoms with E-state index < -0.39 is 6.10 Å². The van der Waals surface area contributed by atoms with Crippen molar-refractivity contribution in [1.29, 1.82) is 0 Å². The zero-order valence-electron chi connectivity index (χ0n) is 14.2. The Kier molecular flexibility index (Phi) is 4.71. The van der Waals surface area contributed by atoms with Gasteiger partial charge in [0.15, 0.2) is 0 Å². The molecule has 3 unspecified atom stereocenters. The third kappa shape index (κ3) is 3.22. The quantitative estimate of drug-likeness (QED) is 0.905. The molecule has 1 saturated heterocycles. The van der Waals surface area contributed by atoms with Gasteiger partial charge in [-0.2, -0.15) is 0 Å². The number of β-amino-alcohol motifs (C(OH)–C–C–N with tert-alkyl or cyclic N) is 1. The lowest BCUT2D eigenvalue weighted by Gasteiger charge is -2.37. The van der Waals surface area contributed by atoms with E-state index in [2.05, 4.69) is 0 Å². The first kappa shape index (κ1) is 16.7. The van der Waals surface area contributed by atoms with Crippen molar-refractivity contribution >= 4 is 17.9 Å². The highest BCUT2D eigenvalue weighted by Gasteiger charge is 2.32. The van der Waals surface area contributed by atoms with Crippen molar-refractivity contribution in [3.8, 4) is 0 Å². The summed E-state index contributed by atoms with van der Waals surface area (Å²) >= 11 is 0. The van der Waals surface area contributed by atoms with Crippen LogP contribution in [0, 0.1) is 5.92 Å². The molecule has 5 heteroatoms. The van der Waals surface area contributed by atoms with Gasteiger partial charge in [-0.15, -0.1) is 0 Å². The van der Waals surface area contributed by atoms with Crippen LogP contribution in [0.3, 0.4) is 0 Å². The molecule has 2 amide bonds. The number of fused-ring (bicyclic) bond motifs is 1. The second kappa shape index (κ2) is 6.77. The zero-order chi connectivity index (χ0) is 17.3. The summed E-state index contributed by atoms with van der Waals surface area (Å²) in [7, 11) is 0. The molecule has 0 aliphatic carbocycles. The fraction of sp³-hybridized carbons (Fsp3) is 0.474. The van der Waals surface area contributed by atoms with Crippen LogP contribution >= 0.6 is 0 Å². The van der Waals surface area contributed by atoms with E-state index in [0.29, 0.717) is 13.1 Å². The van der Waals surface area contributed by atoms with E-state index in [4.69, 9.17) is 0 Å². The lowest BCUT2D eigenvalue weighted by Crippen LogP contribution is -2.47. The average molecular weight is 328 g/mol. The monoisotopic (exact) mass is 328 g/mol. The second-order valence-electron chi connectivity index (χ2n) is 6.76. The highest BCUT2D eigenvalue weighted by atomic mass is 16.3. The summed E-state index contributed by atoms with van der Waals surface area (Å²) in [6.07, 6.45) is 4.25. The summed E-state index contributed by atoms with van der Waals surface area (Å²) in [5.41, 5.74) is 2.04. The Balaban J connectivity index is 1.80. The van der Waals surface area contributed by atoms with Crippen molar-refractivity contribution in [2.45, 2.75) is 38.8 Å². The van der Waals surface area contributed by atoms with Crippen LogP contribution in [0.1, 0.15) is 43.9 Å². The van der Waals surface area contributed by atoms with Crippen molar-refractivity contribution in [2.24, 2.45) is 5.92 Å². The van der Waals surface area contributed by atoms with E-state index in [0.717, 1.165) is 17.5 Å². The van der Waals surface area contributed by atoms with Crippen LogP contribution in [0.5, 0.6) is 0 Å². The molecule has 2 heterocycles. The molecule has 1 aromatic rings. The summed E-state index contributed by atoms with van der Waals surface area (Å²) in [6, 6.07) is 7.56. The van der Waals surface area contributed by atoms with E-state index in [9.17, 15) is 14.7 Å². The van der Waals surface area contributed by atoms with Gasteiger partial charge in [-0.1, -0.05) is 31.2 Å². The van der Waals surface area contributed by atoms with Gasteiger partial charge < -0.3 is 14.9 Å². The number of carbonyl (C=O) groups excluding carboxylic acids is 2. The van der Waals surface area contributed by atoms with Crippen molar-refractivity contribution in [3.63, 3.8) is 0 Å². The van der Waals surface area contributed by atoms with Crippen LogP contribution in [0.15, 0.2) is 30.5 Å². The molecule has 3 atom stereocenters. The number of benzene rings is 1. The fourth-order valence-electron chi connectivity index (χ4n) is 3.48. The van der Waals surface area contributed by atoms with Crippen LogP contribution < -0.4 is 0 Å². The minimum absolute atomic E-state index is 0.0118. The molecule has 2 aliphatic rings. The number of hydrogen-bond donors (Lipinski definition) is 1. The van der Waals surface area contributed by atoms with E-state index >= 15 is 0 Å². The van der Waals surface area contributed by atoms with E-state index in [1.165, 1.54) is 6.92 Å². The molecular formula is C19H24N2O3. The van der Waals surface area contributed by atoms with Crippen molar-refractivity contribution in [3.05, 3.63) is 41.6 Å². The number of carbonyl (C=O) groups is 2. The summed E-state index contributed by atoms with van der Waals surface area (Å²) < 4.78 is 0. The van der Waals surface area contributed by atoms with E-state index in [-0.39, 0.29) is 30.2 Å². The third-order valence-electron chi connectivity index (χ3n) is 5.11. The highest BCUT2D eigenvalue weighted by molar-refractivity contribution is 5.82. The van der Waals surface area contributed by atoms with Crippen molar-refractivity contribution in [2.75, 3.05) is 13.1 Å². The Bertz CT molecular complexity index is 670. The lowest BCUT2D eigenvalue weighted by atomic mass is 9.92. The molecule has 5 nitrogen and oxygen atoms in total. The Hall–Kier alpha value is -2.14. The first-order valence-corrected chi connectivity index (χ1v) is 8.49. The number of aliphatic hydroxyl groups is 1. The molecule has 3 rings (SSSR count). The summed E-state index contributed by atoms with van der Waals surface area (Å²) in [6.45, 7) is 4.57. The molecule has 0 aromatic heterocycles. The molecule has 0 bridgehead atoms. The van der Waals surface area contributed by atoms with Gasteiger partial charge >= 0.3 is 0 Å². The average Bonchev–Trinajstić information content (AvgIpc) is 2.57. The summed E-state index contributed by atoms with van der Waals surface area (Å²) in [5.74, 6) is 0.134. The molecule has 24 heavy (non-hydrogen) atoms. The van der Waals surface area contributed by atoms with E-state index in [1.54, 1.807) is 16.0 Å². The second-order valence-corrected chi connectivity index (χ2v) is 6.76. The topological polar surface area (TPSA) is 60.9 Å². The fourth-order valence-corrected chi connectivity index (χ4v) is 3.48. The molecule has 128 valence electrons. The Labute approximate surface area is 142 Å². The number of nitrogens with zero attached hydrogens (tertiary/aromatic N) is 2. The molecule has 1 aromatic carbocycles. The lowest BCUT2D eigenvalue weighted by molar-refractivity contribution is -0.138. The number of piperidine rings is 1. The molecule has 0 saturated carbocycles. The minimum atomic E-state index is -0.467. The van der Waals surface area contributed by atoms with Crippen LogP contribution in [0.2, 0.25) is 0 Å². The molecule has 0 radical (unpaired) electrons. The maximum atomic E-state index is 12.7. The van der Waals surface area contributed by atoms with Gasteiger partial charge in [0.2, 0.25) is 11.8 Å². The van der Waals surface area contributed by atoms with Crippen LogP contribution in [-0.4, -0.2) is 45.9 Å². The zero-order valence-corrected chi connectivity index (χ0v) is 14.2. The normalized spacial score (nSPS) is 26.2. The molecule has 1 fully saturated rings. The molecule has 0 spiro atoms. The van der Waals surface area contributed by atoms with Gasteiger partial charge in [0.25, 0.3) is 0 Å². The smallest absolute Gasteiger partial charge is 0.225 e. The van der Waals surface area contributed by atoms with Crippen molar-refractivity contribution < 1.29 is 14.7 Å². The van der Waals surface area contributed by atoms with Crippen LogP contribution in [0.25, 0.3) is 6.08 Å². The van der Waals surface area contributed by atoms with Crippen LogP contribution in [-0.2, 0) is 9.59 Å². The van der Waals surface area contributed by atoms with Gasteiger partial charge in [-0.25, -0.2) is 0 Å². The summed E-state index contributed by atoms with van der Waals surface area (Å²) in [4.78, 5) is 28.1. The molecule has 1 N–H and O–H groups in total. The van der Waals surface area contributed by atoms with Gasteiger partial charge in [0, 0.05) is 26.2 Å². The first-order valence-electron chi connectivity index (χ1n) is 8.49. The Morgan fingerprint density at radius 2 is 2.04 bits per heavy atom. The van der Waals surface area contributed by atoms with Crippen molar-refractivity contribution in [1.82, 2.24) is 9.80 Å². The minimum Gasteiger partial charge on any atom is -0.391 e. The predicted octanol–water partition coefficient (Wildman–Crippen LogP) is 2.18. The van der Waals surface area contributed by atoms with Gasteiger partial charge in [-0.05, 0) is 29.5 Å². The first-order chi connectivity index (χ1) is 11.5. The SMILES string of the molecule is CC(=O)N1C=Cc2ccccc2C1CC(=O)N1CCC(C)C(O)C1. The standard InChI is InChI=1S/C19H24N2O3/c1-13-7-9-20(12-18(13)23)19(24)11-17-16-6-4-3-5-15(16)8-10-21(17)14(2)22/h3-6,8,10,13,17-18,23H,7,9,11-12H2,1-2H3. The maximum Gasteiger partial charge on any atom is 0.225 e. The Morgan fingerprint density at radius 1 is 1.29 bits per heavy atom. The number of aliphatic hydroxyl groups excluding tert-OH is 1. The number of hydrogen-bond acceptors (Lipinski definition) is 3. The van der Waals surface area contributed by atoms with E-state index in [1.807, 2.05) is 37.3 Å². The van der Waals surface area contributed by atoms with Gasteiger partial charge in [0.05, 0.1) is 18.6 Å². The third-order valence-corrected chi connectivity index (χ3v) is 5.11. The number of likely N-dealkylation sites (tertiary alicyclic amines) is 1. The predicted molar refractivity (Wildman–Crippen MR) is 91.7 cm³/mol. The largest absolute Gasteiger partial charge is 0.391 e. The molecular weight excluding hydrogens is 304 g/mol. The van der Waals surface area contributed by atoms with Crippen LogP contribution in [0.4, 0.5) is 0 Å². The van der Waals surface area contributed by atoms with Gasteiger partial charge in [-0.3, -0.25) is 9.59 Å². The number of amides is 2. The highest BCUT2D eigenvalue weighted by Crippen LogP contribution is 2.33. The van der Waals surface area contributed by atoms with Gasteiger partial charge in [0.1, 0.15) is 0 Å². The Morgan fingerprint density at radius 3 is 2.75 bits per heavy atom. The summed E-state index contributed by atoms with van der Waals surface area (Å²) in [5, 5.41) is 10.0.